The zero-order valence-electron chi connectivity index (χ0n) is 20.8. The van der Waals surface area contributed by atoms with Crippen molar-refractivity contribution < 1.29 is 23.7 Å². The first-order chi connectivity index (χ1) is 18.2. The number of nitrogens with one attached hydrogen (secondary N) is 1. The Morgan fingerprint density at radius 2 is 2.00 bits per heavy atom. The maximum absolute atomic E-state index is 12.7. The highest BCUT2D eigenvalue weighted by Gasteiger charge is 2.33. The molecule has 0 unspecified atom stereocenters. The summed E-state index contributed by atoms with van der Waals surface area (Å²) in [5.41, 5.74) is 1.36. The summed E-state index contributed by atoms with van der Waals surface area (Å²) >= 11 is 1.40. The summed E-state index contributed by atoms with van der Waals surface area (Å²) in [5.74, 6) is 2.33. The van der Waals surface area contributed by atoms with Gasteiger partial charge >= 0.3 is 6.09 Å². The van der Waals surface area contributed by atoms with E-state index in [0.29, 0.717) is 53.8 Å². The molecule has 5 rings (SSSR count). The van der Waals surface area contributed by atoms with Gasteiger partial charge in [-0.3, -0.25) is 20.1 Å². The number of carbonyl (C=O) groups excluding carboxylic acids is 1. The van der Waals surface area contributed by atoms with Gasteiger partial charge in [-0.1, -0.05) is 11.8 Å². The number of carbonyl (C=O) groups is 1. The number of guanidine groups is 1. The highest BCUT2D eigenvalue weighted by molar-refractivity contribution is 7.98. The Morgan fingerprint density at radius 3 is 2.76 bits per heavy atom. The largest absolute Gasteiger partial charge is 0.491 e. The van der Waals surface area contributed by atoms with Crippen LogP contribution in [-0.4, -0.2) is 104 Å². The summed E-state index contributed by atoms with van der Waals surface area (Å²) in [4.78, 5) is 34.4. The molecule has 0 radical (unpaired) electrons. The van der Waals surface area contributed by atoms with Crippen LogP contribution in [0.25, 0.3) is 0 Å². The van der Waals surface area contributed by atoms with Crippen LogP contribution in [0.4, 0.5) is 10.5 Å². The number of amides is 1. The van der Waals surface area contributed by atoms with Gasteiger partial charge in [0.15, 0.2) is 22.4 Å². The van der Waals surface area contributed by atoms with Crippen molar-refractivity contribution in [2.24, 2.45) is 9.98 Å². The number of methoxy groups -OCH3 is 1. The number of aromatic nitrogens is 2. The van der Waals surface area contributed by atoms with E-state index in [0.717, 1.165) is 44.8 Å². The van der Waals surface area contributed by atoms with E-state index >= 15 is 0 Å². The highest BCUT2D eigenvalue weighted by atomic mass is 32.2. The van der Waals surface area contributed by atoms with Crippen molar-refractivity contribution >= 4 is 35.3 Å². The molecule has 0 bridgehead atoms. The van der Waals surface area contributed by atoms with E-state index in [-0.39, 0.29) is 5.75 Å². The summed E-state index contributed by atoms with van der Waals surface area (Å²) in [5, 5.41) is 3.32. The lowest BCUT2D eigenvalue weighted by Crippen LogP contribution is -2.48. The SMILES string of the molecule is COc1c(OCCCN2CCOCC2)ccc2c1N=C(NC(=O)Oc1cnc(SC)nc1)N1CCN=C21. The molecule has 12 nitrogen and oxygen atoms in total. The number of hydrogen-bond donors (Lipinski definition) is 1. The molecule has 1 saturated heterocycles. The summed E-state index contributed by atoms with van der Waals surface area (Å²) in [6, 6.07) is 3.81. The van der Waals surface area contributed by atoms with Crippen LogP contribution in [0.2, 0.25) is 0 Å². The van der Waals surface area contributed by atoms with Gasteiger partial charge in [0.2, 0.25) is 5.96 Å². The number of hydrogen-bond acceptors (Lipinski definition) is 12. The van der Waals surface area contributed by atoms with Crippen LogP contribution in [0.3, 0.4) is 0 Å². The molecular formula is C24H29N7O5S. The van der Waals surface area contributed by atoms with Gasteiger partial charge in [-0.25, -0.2) is 19.8 Å². The molecule has 3 aliphatic heterocycles. The van der Waals surface area contributed by atoms with E-state index in [4.69, 9.17) is 23.9 Å². The third kappa shape index (κ3) is 5.78. The first-order valence-electron chi connectivity index (χ1n) is 12.1. The molecule has 2 aromatic rings. The summed E-state index contributed by atoms with van der Waals surface area (Å²) in [6.45, 7) is 6.10. The number of thioether (sulfide) groups is 1. The number of ether oxygens (including phenoxy) is 4. The van der Waals surface area contributed by atoms with Crippen LogP contribution < -0.4 is 19.5 Å². The minimum absolute atomic E-state index is 0.229. The van der Waals surface area contributed by atoms with Gasteiger partial charge in [-0.05, 0) is 24.8 Å². The van der Waals surface area contributed by atoms with Crippen molar-refractivity contribution in [1.82, 2.24) is 25.1 Å². The molecule has 1 amide bonds. The van der Waals surface area contributed by atoms with Crippen molar-refractivity contribution in [2.45, 2.75) is 11.6 Å². The summed E-state index contributed by atoms with van der Waals surface area (Å²) < 4.78 is 22.5. The topological polar surface area (TPSA) is 123 Å². The second kappa shape index (κ2) is 11.8. The smallest absolute Gasteiger partial charge is 0.419 e. The quantitative estimate of drug-likeness (QED) is 0.310. The van der Waals surface area contributed by atoms with Crippen LogP contribution in [-0.2, 0) is 4.74 Å². The molecule has 0 atom stereocenters. The minimum atomic E-state index is -0.705. The Balaban J connectivity index is 1.30. The normalized spacial score (nSPS) is 16.9. The number of amidine groups is 1. The molecule has 3 aliphatic rings. The Bertz CT molecular complexity index is 1180. The third-order valence-corrected chi connectivity index (χ3v) is 6.62. The lowest BCUT2D eigenvalue weighted by atomic mass is 10.1. The van der Waals surface area contributed by atoms with Crippen LogP contribution >= 0.6 is 11.8 Å². The molecule has 1 aromatic heterocycles. The van der Waals surface area contributed by atoms with Crippen LogP contribution in [0, 0.1) is 0 Å². The average molecular weight is 528 g/mol. The maximum atomic E-state index is 12.7. The van der Waals surface area contributed by atoms with Crippen molar-refractivity contribution in [3.63, 3.8) is 0 Å². The number of benzene rings is 1. The predicted molar refractivity (Wildman–Crippen MR) is 139 cm³/mol. The van der Waals surface area contributed by atoms with Gasteiger partial charge in [-0.15, -0.1) is 0 Å². The first kappa shape index (κ1) is 25.2. The lowest BCUT2D eigenvalue weighted by molar-refractivity contribution is 0.0357. The molecular weight excluding hydrogens is 498 g/mol. The highest BCUT2D eigenvalue weighted by Crippen LogP contribution is 2.43. The average Bonchev–Trinajstić information content (AvgIpc) is 3.43. The molecule has 37 heavy (non-hydrogen) atoms. The number of nitrogens with zero attached hydrogens (tertiary/aromatic N) is 6. The van der Waals surface area contributed by atoms with E-state index in [9.17, 15) is 4.79 Å². The standard InChI is InChI=1S/C24H29N7O5S/c1-33-20-18(35-11-3-7-30-9-12-34-13-10-30)5-4-17-19(20)28-22(31-8-6-25-21(17)31)29-24(32)36-16-14-26-23(37-2)27-15-16/h4-5,14-15H,3,6-13H2,1-2H3,(H,28,29,32). The van der Waals surface area contributed by atoms with Gasteiger partial charge in [0.25, 0.3) is 0 Å². The Labute approximate surface area is 219 Å². The van der Waals surface area contributed by atoms with E-state index in [2.05, 4.69) is 25.2 Å². The molecule has 4 heterocycles. The fraction of sp³-hybridized carbons (Fsp3) is 0.458. The van der Waals surface area contributed by atoms with E-state index in [1.165, 1.54) is 24.2 Å². The van der Waals surface area contributed by atoms with Crippen LogP contribution in [0.1, 0.15) is 12.0 Å². The zero-order valence-corrected chi connectivity index (χ0v) is 21.6. The van der Waals surface area contributed by atoms with Gasteiger partial charge in [0.05, 0.1) is 45.9 Å². The van der Waals surface area contributed by atoms with E-state index in [1.807, 2.05) is 23.3 Å². The second-order valence-corrected chi connectivity index (χ2v) is 9.13. The monoisotopic (exact) mass is 527 g/mol. The van der Waals surface area contributed by atoms with Gasteiger partial charge in [-0.2, -0.15) is 0 Å². The molecule has 1 N–H and O–H groups in total. The van der Waals surface area contributed by atoms with Crippen LogP contribution in [0.15, 0.2) is 39.7 Å². The fourth-order valence-electron chi connectivity index (χ4n) is 4.28. The molecule has 196 valence electrons. The number of fused-ring (bicyclic) bond motifs is 3. The maximum Gasteiger partial charge on any atom is 0.419 e. The Morgan fingerprint density at radius 1 is 1.19 bits per heavy atom. The summed E-state index contributed by atoms with van der Waals surface area (Å²) in [7, 11) is 1.58. The first-order valence-corrected chi connectivity index (χ1v) is 13.3. The number of morpholine rings is 1. The van der Waals surface area contributed by atoms with Crippen molar-refractivity contribution in [1.29, 1.82) is 0 Å². The van der Waals surface area contributed by atoms with Gasteiger partial charge in [0.1, 0.15) is 11.5 Å². The van der Waals surface area contributed by atoms with Gasteiger partial charge < -0.3 is 18.9 Å². The zero-order chi connectivity index (χ0) is 25.6. The molecule has 1 fully saturated rings. The van der Waals surface area contributed by atoms with E-state index < -0.39 is 6.09 Å². The van der Waals surface area contributed by atoms with Crippen LogP contribution in [0.5, 0.6) is 17.2 Å². The minimum Gasteiger partial charge on any atom is -0.491 e. The fourth-order valence-corrected chi connectivity index (χ4v) is 4.60. The molecule has 13 heteroatoms. The molecule has 0 aliphatic carbocycles. The van der Waals surface area contributed by atoms with Gasteiger partial charge in [0, 0.05) is 31.7 Å². The third-order valence-electron chi connectivity index (χ3n) is 6.05. The Hall–Kier alpha value is -3.42. The number of rotatable bonds is 8. The number of aliphatic imine (C=N–C) groups is 2. The molecule has 0 spiro atoms. The summed E-state index contributed by atoms with van der Waals surface area (Å²) in [6.07, 6.45) is 4.94. The molecule has 1 aromatic carbocycles. The predicted octanol–water partition coefficient (Wildman–Crippen LogP) is 2.16. The Kier molecular flexibility index (Phi) is 8.02. The van der Waals surface area contributed by atoms with Crippen molar-refractivity contribution in [3.8, 4) is 17.2 Å². The van der Waals surface area contributed by atoms with Crippen molar-refractivity contribution in [2.75, 3.05) is 65.9 Å². The van der Waals surface area contributed by atoms with Crippen molar-refractivity contribution in [3.05, 3.63) is 30.1 Å². The van der Waals surface area contributed by atoms with E-state index in [1.54, 1.807) is 7.11 Å². The lowest BCUT2D eigenvalue weighted by Gasteiger charge is -2.28. The second-order valence-electron chi connectivity index (χ2n) is 8.36. The molecule has 0 saturated carbocycles.